The molecule has 0 heterocycles. The van der Waals surface area contributed by atoms with Gasteiger partial charge in [0, 0.05) is 23.7 Å². The van der Waals surface area contributed by atoms with Crippen LogP contribution in [-0.2, 0) is 0 Å². The van der Waals surface area contributed by atoms with Crippen LogP contribution in [0.3, 0.4) is 0 Å². The zero-order valence-corrected chi connectivity index (χ0v) is 13.3. The van der Waals surface area contributed by atoms with Crippen LogP contribution >= 0.6 is 0 Å². The quantitative estimate of drug-likeness (QED) is 0.827. The molecule has 0 bridgehead atoms. The molecule has 1 atom stereocenters. The molecule has 1 aromatic rings. The molecule has 112 valence electrons. The van der Waals surface area contributed by atoms with Gasteiger partial charge in [0.25, 0.3) is 0 Å². The molecule has 0 radical (unpaired) electrons. The van der Waals surface area contributed by atoms with E-state index in [2.05, 4.69) is 43.4 Å². The highest BCUT2D eigenvalue weighted by atomic mass is 16.5. The van der Waals surface area contributed by atoms with Crippen LogP contribution in [0.15, 0.2) is 24.3 Å². The van der Waals surface area contributed by atoms with Gasteiger partial charge >= 0.3 is 0 Å². The van der Waals surface area contributed by atoms with Crippen LogP contribution in [0.4, 0.5) is 0 Å². The Hall–Kier alpha value is -1.06. The van der Waals surface area contributed by atoms with Gasteiger partial charge in [0.15, 0.2) is 0 Å². The summed E-state index contributed by atoms with van der Waals surface area (Å²) in [4.78, 5) is 2.39. The standard InChI is InChI=1S/C17H28N2O/c1-5-15(14-9-6-7-10-16(14)20-4)18-13-17(19(2)3)11-8-12-17/h6-7,9-10,15,18H,5,8,11-13H2,1-4H3. The van der Waals surface area contributed by atoms with Crippen molar-refractivity contribution in [3.63, 3.8) is 0 Å². The molecule has 0 aliphatic heterocycles. The molecule has 1 saturated carbocycles. The van der Waals surface area contributed by atoms with E-state index in [0.717, 1.165) is 18.7 Å². The zero-order chi connectivity index (χ0) is 14.6. The zero-order valence-electron chi connectivity index (χ0n) is 13.3. The van der Waals surface area contributed by atoms with E-state index in [9.17, 15) is 0 Å². The molecule has 0 amide bonds. The molecule has 1 N–H and O–H groups in total. The van der Waals surface area contributed by atoms with E-state index in [0.29, 0.717) is 11.6 Å². The SMILES string of the molecule is CCC(NCC1(N(C)C)CCC1)c1ccccc1OC. The summed E-state index contributed by atoms with van der Waals surface area (Å²) in [5.74, 6) is 0.986. The van der Waals surface area contributed by atoms with Gasteiger partial charge in [-0.15, -0.1) is 0 Å². The van der Waals surface area contributed by atoms with Gasteiger partial charge in [0.05, 0.1) is 7.11 Å². The Morgan fingerprint density at radius 1 is 1.30 bits per heavy atom. The minimum absolute atomic E-state index is 0.357. The van der Waals surface area contributed by atoms with Gasteiger partial charge in [-0.3, -0.25) is 0 Å². The normalized spacial score (nSPS) is 18.6. The van der Waals surface area contributed by atoms with Crippen LogP contribution in [0, 0.1) is 0 Å². The second-order valence-corrected chi connectivity index (χ2v) is 6.06. The first-order valence-electron chi connectivity index (χ1n) is 7.66. The van der Waals surface area contributed by atoms with Gasteiger partial charge in [-0.25, -0.2) is 0 Å². The Bertz CT molecular complexity index is 427. The Kier molecular flexibility index (Phi) is 5.06. The molecule has 20 heavy (non-hydrogen) atoms. The Morgan fingerprint density at radius 2 is 2.00 bits per heavy atom. The topological polar surface area (TPSA) is 24.5 Å². The Labute approximate surface area is 123 Å². The van der Waals surface area contributed by atoms with E-state index < -0.39 is 0 Å². The van der Waals surface area contributed by atoms with Crippen molar-refractivity contribution >= 4 is 0 Å². The number of rotatable bonds is 7. The summed E-state index contributed by atoms with van der Waals surface area (Å²) >= 11 is 0. The largest absolute Gasteiger partial charge is 0.496 e. The van der Waals surface area contributed by atoms with Gasteiger partial charge in [-0.05, 0) is 45.8 Å². The van der Waals surface area contributed by atoms with E-state index in [1.165, 1.54) is 24.8 Å². The highest BCUT2D eigenvalue weighted by Gasteiger charge is 2.39. The van der Waals surface area contributed by atoms with E-state index in [1.807, 2.05) is 12.1 Å². The van der Waals surface area contributed by atoms with Gasteiger partial charge in [-0.2, -0.15) is 0 Å². The number of nitrogens with zero attached hydrogens (tertiary/aromatic N) is 1. The number of benzene rings is 1. The number of hydrogen-bond donors (Lipinski definition) is 1. The van der Waals surface area contributed by atoms with Crippen molar-refractivity contribution in [1.29, 1.82) is 0 Å². The minimum Gasteiger partial charge on any atom is -0.496 e. The third-order valence-electron chi connectivity index (χ3n) is 4.83. The van der Waals surface area contributed by atoms with Crippen molar-refractivity contribution in [2.24, 2.45) is 0 Å². The third-order valence-corrected chi connectivity index (χ3v) is 4.83. The van der Waals surface area contributed by atoms with Crippen LogP contribution in [0.1, 0.15) is 44.2 Å². The number of nitrogens with one attached hydrogen (secondary N) is 1. The molecular formula is C17H28N2O. The Balaban J connectivity index is 2.06. The van der Waals surface area contributed by atoms with Crippen molar-refractivity contribution in [3.8, 4) is 5.75 Å². The van der Waals surface area contributed by atoms with Gasteiger partial charge in [0.2, 0.25) is 0 Å². The van der Waals surface area contributed by atoms with Crippen molar-refractivity contribution in [2.75, 3.05) is 27.7 Å². The fourth-order valence-electron chi connectivity index (χ4n) is 3.11. The van der Waals surface area contributed by atoms with Crippen LogP contribution in [0.5, 0.6) is 5.75 Å². The fraction of sp³-hybridized carbons (Fsp3) is 0.647. The lowest BCUT2D eigenvalue weighted by atomic mass is 9.75. The molecule has 1 aromatic carbocycles. The number of para-hydroxylation sites is 1. The van der Waals surface area contributed by atoms with E-state index in [-0.39, 0.29) is 0 Å². The van der Waals surface area contributed by atoms with Gasteiger partial charge in [0.1, 0.15) is 5.75 Å². The molecule has 0 spiro atoms. The molecule has 3 heteroatoms. The molecule has 3 nitrogen and oxygen atoms in total. The number of methoxy groups -OCH3 is 1. The lowest BCUT2D eigenvalue weighted by Gasteiger charge is -2.48. The van der Waals surface area contributed by atoms with Crippen LogP contribution in [0.25, 0.3) is 0 Å². The fourth-order valence-corrected chi connectivity index (χ4v) is 3.11. The van der Waals surface area contributed by atoms with E-state index >= 15 is 0 Å². The maximum Gasteiger partial charge on any atom is 0.123 e. The molecular weight excluding hydrogens is 248 g/mol. The summed E-state index contributed by atoms with van der Waals surface area (Å²) in [5, 5.41) is 3.76. The second kappa shape index (κ2) is 6.59. The van der Waals surface area contributed by atoms with Gasteiger partial charge in [-0.1, -0.05) is 25.1 Å². The molecule has 0 saturated heterocycles. The van der Waals surface area contributed by atoms with E-state index in [1.54, 1.807) is 7.11 Å². The molecule has 0 aromatic heterocycles. The number of likely N-dealkylation sites (N-methyl/N-ethyl adjacent to an activating group) is 1. The summed E-state index contributed by atoms with van der Waals surface area (Å²) in [5.41, 5.74) is 1.63. The Morgan fingerprint density at radius 3 is 2.50 bits per heavy atom. The minimum atomic E-state index is 0.357. The van der Waals surface area contributed by atoms with Crippen LogP contribution in [0.2, 0.25) is 0 Å². The van der Waals surface area contributed by atoms with Crippen molar-refractivity contribution in [3.05, 3.63) is 29.8 Å². The predicted molar refractivity (Wildman–Crippen MR) is 84.3 cm³/mol. The second-order valence-electron chi connectivity index (χ2n) is 6.06. The number of hydrogen-bond acceptors (Lipinski definition) is 3. The molecule has 2 rings (SSSR count). The first-order chi connectivity index (χ1) is 9.63. The first kappa shape index (κ1) is 15.3. The molecule has 1 aliphatic rings. The first-order valence-corrected chi connectivity index (χ1v) is 7.66. The average molecular weight is 276 g/mol. The van der Waals surface area contributed by atoms with Crippen molar-refractivity contribution in [1.82, 2.24) is 10.2 Å². The van der Waals surface area contributed by atoms with Crippen LogP contribution in [-0.4, -0.2) is 38.2 Å². The molecule has 1 unspecified atom stereocenters. The maximum atomic E-state index is 5.50. The average Bonchev–Trinajstić information content (AvgIpc) is 2.41. The summed E-state index contributed by atoms with van der Waals surface area (Å²) in [7, 11) is 6.15. The summed E-state index contributed by atoms with van der Waals surface area (Å²) in [6.45, 7) is 3.28. The molecule has 1 aliphatic carbocycles. The van der Waals surface area contributed by atoms with Crippen LogP contribution < -0.4 is 10.1 Å². The summed E-state index contributed by atoms with van der Waals surface area (Å²) in [6.07, 6.45) is 5.03. The maximum absolute atomic E-state index is 5.50. The lowest BCUT2D eigenvalue weighted by molar-refractivity contribution is 0.0568. The number of ether oxygens (including phenoxy) is 1. The third kappa shape index (κ3) is 2.99. The van der Waals surface area contributed by atoms with Crippen molar-refractivity contribution < 1.29 is 4.74 Å². The summed E-state index contributed by atoms with van der Waals surface area (Å²) < 4.78 is 5.50. The smallest absolute Gasteiger partial charge is 0.123 e. The van der Waals surface area contributed by atoms with Crippen molar-refractivity contribution in [2.45, 2.75) is 44.2 Å². The monoisotopic (exact) mass is 276 g/mol. The lowest BCUT2D eigenvalue weighted by Crippen LogP contribution is -2.56. The summed E-state index contributed by atoms with van der Waals surface area (Å²) in [6, 6.07) is 8.70. The molecule has 1 fully saturated rings. The van der Waals surface area contributed by atoms with Gasteiger partial charge < -0.3 is 15.0 Å². The predicted octanol–water partition coefficient (Wildman–Crippen LogP) is 3.22. The highest BCUT2D eigenvalue weighted by Crippen LogP contribution is 2.36. The van der Waals surface area contributed by atoms with E-state index in [4.69, 9.17) is 4.74 Å². The highest BCUT2D eigenvalue weighted by molar-refractivity contribution is 5.35.